The van der Waals surface area contributed by atoms with Crippen LogP contribution in [0, 0.1) is 0 Å². The van der Waals surface area contributed by atoms with Crippen LogP contribution in [0.4, 0.5) is 0 Å². The number of nitrogens with zero attached hydrogens (tertiary/aromatic N) is 2. The van der Waals surface area contributed by atoms with Crippen molar-refractivity contribution in [3.63, 3.8) is 0 Å². The Labute approximate surface area is 146 Å². The molecule has 2 rings (SSSR count). The lowest BCUT2D eigenvalue weighted by atomic mass is 9.85. The van der Waals surface area contributed by atoms with E-state index in [4.69, 9.17) is 21.7 Å². The van der Waals surface area contributed by atoms with Gasteiger partial charge in [-0.3, -0.25) is 4.90 Å². The molecule has 3 unspecified atom stereocenters. The van der Waals surface area contributed by atoms with E-state index in [2.05, 4.69) is 49.7 Å². The van der Waals surface area contributed by atoms with Crippen LogP contribution in [0.5, 0.6) is 0 Å². The third kappa shape index (κ3) is 2.80. The Kier molecular flexibility index (Phi) is 5.72. The standard InChI is InChI=1S/C17H31N3O2S/c1-7-20-15(14(3)19-8-10-22-11-9-19)13(2)16(4,18-12-23)17(20,5)21-6/h12,14H,7-11H2,1-6H3,(H,18,23). The van der Waals surface area contributed by atoms with Gasteiger partial charge in [0, 0.05) is 38.5 Å². The van der Waals surface area contributed by atoms with E-state index in [1.54, 1.807) is 12.6 Å². The van der Waals surface area contributed by atoms with Crippen LogP contribution < -0.4 is 5.32 Å². The van der Waals surface area contributed by atoms with Gasteiger partial charge in [0.2, 0.25) is 0 Å². The molecule has 5 nitrogen and oxygen atoms in total. The summed E-state index contributed by atoms with van der Waals surface area (Å²) < 4.78 is 11.5. The third-order valence-electron chi connectivity index (χ3n) is 5.92. The Balaban J connectivity index is 2.45. The molecule has 0 amide bonds. The molecule has 0 aliphatic carbocycles. The lowest BCUT2D eigenvalue weighted by Gasteiger charge is -2.47. The zero-order valence-corrected chi connectivity index (χ0v) is 16.1. The molecule has 1 N–H and O–H groups in total. The van der Waals surface area contributed by atoms with Gasteiger partial charge in [0.05, 0.1) is 18.7 Å². The smallest absolute Gasteiger partial charge is 0.164 e. The maximum atomic E-state index is 6.02. The number of thiocarbonyl (C=S) groups is 1. The first-order valence-electron chi connectivity index (χ1n) is 8.44. The Morgan fingerprint density at radius 3 is 2.48 bits per heavy atom. The van der Waals surface area contributed by atoms with Crippen molar-refractivity contribution in [1.82, 2.24) is 15.1 Å². The van der Waals surface area contributed by atoms with Gasteiger partial charge in [-0.1, -0.05) is 12.2 Å². The second-order valence-electron chi connectivity index (χ2n) is 6.65. The Hall–Kier alpha value is -0.690. The fourth-order valence-corrected chi connectivity index (χ4v) is 4.36. The molecule has 0 aromatic rings. The molecule has 6 heteroatoms. The average Bonchev–Trinajstić information content (AvgIpc) is 2.74. The summed E-state index contributed by atoms with van der Waals surface area (Å²) in [5.74, 6) is 0. The number of rotatable bonds is 6. The lowest BCUT2D eigenvalue weighted by Crippen LogP contribution is -2.64. The van der Waals surface area contributed by atoms with Gasteiger partial charge in [0.1, 0.15) is 5.54 Å². The molecule has 2 aliphatic heterocycles. The summed E-state index contributed by atoms with van der Waals surface area (Å²) in [6.07, 6.45) is 0. The summed E-state index contributed by atoms with van der Waals surface area (Å²) in [5.41, 5.74) is 3.41. The fraction of sp³-hybridized carbons (Fsp3) is 0.824. The average molecular weight is 342 g/mol. The van der Waals surface area contributed by atoms with Crippen LogP contribution in [-0.4, -0.2) is 72.6 Å². The lowest BCUT2D eigenvalue weighted by molar-refractivity contribution is -0.133. The summed E-state index contributed by atoms with van der Waals surface area (Å²) in [4.78, 5) is 4.87. The van der Waals surface area contributed by atoms with Crippen molar-refractivity contribution < 1.29 is 9.47 Å². The van der Waals surface area contributed by atoms with Crippen LogP contribution in [0.25, 0.3) is 0 Å². The van der Waals surface area contributed by atoms with Crippen LogP contribution in [0.2, 0.25) is 0 Å². The van der Waals surface area contributed by atoms with Crippen LogP contribution in [0.1, 0.15) is 34.6 Å². The first kappa shape index (κ1) is 18.6. The zero-order valence-electron chi connectivity index (χ0n) is 15.3. The molecule has 1 saturated heterocycles. The van der Waals surface area contributed by atoms with Crippen molar-refractivity contribution in [2.75, 3.05) is 40.0 Å². The number of methoxy groups -OCH3 is 1. The van der Waals surface area contributed by atoms with Crippen LogP contribution in [0.3, 0.4) is 0 Å². The van der Waals surface area contributed by atoms with Crippen LogP contribution in [0.15, 0.2) is 11.3 Å². The molecule has 23 heavy (non-hydrogen) atoms. The van der Waals surface area contributed by atoms with Crippen molar-refractivity contribution in [3.8, 4) is 0 Å². The minimum absolute atomic E-state index is 0.321. The second-order valence-corrected chi connectivity index (χ2v) is 6.89. The molecule has 0 aromatic carbocycles. The van der Waals surface area contributed by atoms with Crippen molar-refractivity contribution in [2.24, 2.45) is 0 Å². The number of ether oxygens (including phenoxy) is 2. The summed E-state index contributed by atoms with van der Waals surface area (Å²) in [6, 6.07) is 0.321. The van der Waals surface area contributed by atoms with Gasteiger partial charge in [-0.15, -0.1) is 0 Å². The third-order valence-corrected chi connectivity index (χ3v) is 6.04. The van der Waals surface area contributed by atoms with Gasteiger partial charge in [0.15, 0.2) is 5.72 Å². The van der Waals surface area contributed by atoms with Crippen molar-refractivity contribution in [2.45, 2.75) is 51.9 Å². The largest absolute Gasteiger partial charge is 0.379 e. The molecular formula is C17H31N3O2S. The molecule has 0 aromatic heterocycles. The molecule has 2 aliphatic rings. The first-order valence-corrected chi connectivity index (χ1v) is 8.91. The van der Waals surface area contributed by atoms with Crippen molar-refractivity contribution in [3.05, 3.63) is 11.3 Å². The molecular weight excluding hydrogens is 310 g/mol. The Morgan fingerprint density at radius 2 is 2.00 bits per heavy atom. The van der Waals surface area contributed by atoms with E-state index in [-0.39, 0.29) is 5.54 Å². The normalized spacial score (nSPS) is 33.9. The minimum Gasteiger partial charge on any atom is -0.379 e. The Morgan fingerprint density at radius 1 is 1.39 bits per heavy atom. The van der Waals surface area contributed by atoms with Gasteiger partial charge in [-0.05, 0) is 40.2 Å². The highest BCUT2D eigenvalue weighted by atomic mass is 32.1. The molecule has 2 heterocycles. The number of likely N-dealkylation sites (N-methyl/N-ethyl adjacent to an activating group) is 1. The molecule has 0 saturated carbocycles. The van der Waals surface area contributed by atoms with E-state index in [9.17, 15) is 0 Å². The van der Waals surface area contributed by atoms with Gasteiger partial charge in [-0.25, -0.2) is 0 Å². The number of nitrogens with one attached hydrogen (secondary N) is 1. The maximum absolute atomic E-state index is 6.02. The minimum atomic E-state index is -0.475. The quantitative estimate of drug-likeness (QED) is 0.745. The van der Waals surface area contributed by atoms with E-state index in [1.807, 2.05) is 0 Å². The SMILES string of the molecule is CCN1C(C(C)N2CCOCC2)=C(C)C(C)(NC=S)C1(C)OC. The number of hydrogen-bond donors (Lipinski definition) is 1. The molecule has 132 valence electrons. The summed E-state index contributed by atoms with van der Waals surface area (Å²) in [5, 5.41) is 3.39. The molecule has 0 spiro atoms. The maximum Gasteiger partial charge on any atom is 0.164 e. The topological polar surface area (TPSA) is 37.0 Å². The molecule has 1 fully saturated rings. The van der Waals surface area contributed by atoms with Gasteiger partial charge >= 0.3 is 0 Å². The Bertz CT molecular complexity index is 478. The van der Waals surface area contributed by atoms with E-state index >= 15 is 0 Å². The van der Waals surface area contributed by atoms with Crippen molar-refractivity contribution in [1.29, 1.82) is 0 Å². The summed E-state index contributed by atoms with van der Waals surface area (Å²) in [7, 11) is 1.78. The van der Waals surface area contributed by atoms with Gasteiger partial charge in [-0.2, -0.15) is 0 Å². The monoisotopic (exact) mass is 341 g/mol. The second kappa shape index (κ2) is 7.05. The van der Waals surface area contributed by atoms with E-state index in [0.717, 1.165) is 32.8 Å². The fourth-order valence-electron chi connectivity index (χ4n) is 4.13. The predicted molar refractivity (Wildman–Crippen MR) is 97.5 cm³/mol. The summed E-state index contributed by atoms with van der Waals surface area (Å²) in [6.45, 7) is 15.4. The molecule has 0 bridgehead atoms. The summed E-state index contributed by atoms with van der Waals surface area (Å²) >= 11 is 5.11. The first-order chi connectivity index (χ1) is 10.9. The molecule has 3 atom stereocenters. The van der Waals surface area contributed by atoms with Crippen LogP contribution in [-0.2, 0) is 9.47 Å². The highest BCUT2D eigenvalue weighted by molar-refractivity contribution is 7.78. The number of morpholine rings is 1. The van der Waals surface area contributed by atoms with Crippen LogP contribution >= 0.6 is 12.2 Å². The van der Waals surface area contributed by atoms with Gasteiger partial charge < -0.3 is 19.7 Å². The highest BCUT2D eigenvalue weighted by Gasteiger charge is 2.57. The van der Waals surface area contributed by atoms with E-state index in [1.165, 1.54) is 11.3 Å². The van der Waals surface area contributed by atoms with Crippen molar-refractivity contribution >= 4 is 17.7 Å². The molecule has 0 radical (unpaired) electrons. The predicted octanol–water partition coefficient (Wildman–Crippen LogP) is 1.98. The number of hydrogen-bond acceptors (Lipinski definition) is 5. The van der Waals surface area contributed by atoms with E-state index < -0.39 is 5.72 Å². The highest BCUT2D eigenvalue weighted by Crippen LogP contribution is 2.46. The van der Waals surface area contributed by atoms with E-state index in [0.29, 0.717) is 6.04 Å². The van der Waals surface area contributed by atoms with Gasteiger partial charge in [0.25, 0.3) is 0 Å². The zero-order chi connectivity index (χ0) is 17.3.